The van der Waals surface area contributed by atoms with Gasteiger partial charge in [0.25, 0.3) is 0 Å². The van der Waals surface area contributed by atoms with Crippen molar-refractivity contribution >= 4 is 17.2 Å². The van der Waals surface area contributed by atoms with Gasteiger partial charge in [0.2, 0.25) is 5.91 Å². The second kappa shape index (κ2) is 7.35. The summed E-state index contributed by atoms with van der Waals surface area (Å²) in [5.74, 6) is -0.219. The van der Waals surface area contributed by atoms with Gasteiger partial charge in [0.1, 0.15) is 0 Å². The summed E-state index contributed by atoms with van der Waals surface area (Å²) in [7, 11) is 0. The molecule has 2 N–H and O–H groups in total. The lowest BCUT2D eigenvalue weighted by atomic mass is 10.0. The van der Waals surface area contributed by atoms with Crippen molar-refractivity contribution in [3.05, 3.63) is 22.4 Å². The van der Waals surface area contributed by atoms with Gasteiger partial charge in [-0.05, 0) is 25.3 Å². The lowest BCUT2D eigenvalue weighted by molar-refractivity contribution is -0.123. The van der Waals surface area contributed by atoms with Gasteiger partial charge in [-0.3, -0.25) is 9.69 Å². The van der Waals surface area contributed by atoms with Gasteiger partial charge in [0.15, 0.2) is 0 Å². The van der Waals surface area contributed by atoms with Gasteiger partial charge in [0, 0.05) is 31.1 Å². The Labute approximate surface area is 129 Å². The van der Waals surface area contributed by atoms with Crippen LogP contribution in [0, 0.1) is 0 Å². The monoisotopic (exact) mass is 312 g/mol. The van der Waals surface area contributed by atoms with Crippen molar-refractivity contribution in [3.63, 3.8) is 0 Å². The molecule has 1 saturated heterocycles. The molecule has 0 aromatic carbocycles. The number of ether oxygens (including phenoxy) is 1. The number of β-amino-alcohol motifs (C(OH)–C–C–N with tert-alkyl or cyclic N) is 1. The van der Waals surface area contributed by atoms with Crippen LogP contribution in [0.5, 0.6) is 0 Å². The smallest absolute Gasteiger partial charge is 0.228 e. The number of carbonyl (C=O) groups is 1. The Kier molecular flexibility index (Phi) is 5.75. The van der Waals surface area contributed by atoms with Crippen molar-refractivity contribution in [1.29, 1.82) is 0 Å². The minimum atomic E-state index is -0.928. The standard InChI is InChI=1S/C15H24N2O3S/c1-12(13-4-3-9-21-13)14(18)16-10-15(2,19)11-17-5-7-20-8-6-17/h3-4,9,12,19H,5-8,10-11H2,1-2H3,(H,16,18). The zero-order chi connectivity index (χ0) is 15.3. The molecule has 1 aromatic rings. The molecular formula is C15H24N2O3S. The molecule has 1 aliphatic heterocycles. The average molecular weight is 312 g/mol. The average Bonchev–Trinajstić information content (AvgIpc) is 2.99. The molecule has 1 fully saturated rings. The normalized spacial score (nSPS) is 20.7. The predicted octanol–water partition coefficient (Wildman–Crippen LogP) is 1.05. The van der Waals surface area contributed by atoms with Crippen molar-refractivity contribution in [2.45, 2.75) is 25.4 Å². The van der Waals surface area contributed by atoms with E-state index in [9.17, 15) is 9.90 Å². The zero-order valence-corrected chi connectivity index (χ0v) is 13.5. The molecule has 0 bridgehead atoms. The van der Waals surface area contributed by atoms with Crippen LogP contribution in [-0.4, -0.2) is 60.9 Å². The van der Waals surface area contributed by atoms with Gasteiger partial charge in [-0.2, -0.15) is 0 Å². The van der Waals surface area contributed by atoms with Crippen molar-refractivity contribution < 1.29 is 14.6 Å². The maximum Gasteiger partial charge on any atom is 0.228 e. The van der Waals surface area contributed by atoms with E-state index in [1.165, 1.54) is 0 Å². The van der Waals surface area contributed by atoms with Crippen LogP contribution in [0.25, 0.3) is 0 Å². The molecule has 2 atom stereocenters. The second-order valence-corrected chi connectivity index (χ2v) is 6.82. The van der Waals surface area contributed by atoms with E-state index in [1.54, 1.807) is 18.3 Å². The number of rotatable bonds is 6. The highest BCUT2D eigenvalue weighted by Crippen LogP contribution is 2.20. The fourth-order valence-corrected chi connectivity index (χ4v) is 3.18. The Balaban J connectivity index is 1.78. The summed E-state index contributed by atoms with van der Waals surface area (Å²) in [6.07, 6.45) is 0. The number of carbonyl (C=O) groups excluding carboxylic acids is 1. The van der Waals surface area contributed by atoms with Crippen LogP contribution in [0.1, 0.15) is 24.6 Å². The molecule has 0 spiro atoms. The Morgan fingerprint density at radius 1 is 1.57 bits per heavy atom. The summed E-state index contributed by atoms with van der Waals surface area (Å²) in [4.78, 5) is 15.3. The van der Waals surface area contributed by atoms with Crippen molar-refractivity contribution in [2.24, 2.45) is 0 Å². The first-order chi connectivity index (χ1) is 9.98. The topological polar surface area (TPSA) is 61.8 Å². The van der Waals surface area contributed by atoms with Gasteiger partial charge < -0.3 is 15.2 Å². The third-order valence-corrected chi connectivity index (χ3v) is 4.73. The lowest BCUT2D eigenvalue weighted by Gasteiger charge is -2.34. The molecule has 1 aromatic heterocycles. The highest BCUT2D eigenvalue weighted by Gasteiger charge is 2.27. The summed E-state index contributed by atoms with van der Waals surface area (Å²) < 4.78 is 5.29. The van der Waals surface area contributed by atoms with Crippen LogP contribution < -0.4 is 5.32 Å². The first-order valence-electron chi connectivity index (χ1n) is 7.31. The number of thiophene rings is 1. The van der Waals surface area contributed by atoms with Gasteiger partial charge in [-0.25, -0.2) is 0 Å². The molecule has 1 amide bonds. The third-order valence-electron chi connectivity index (χ3n) is 3.67. The minimum Gasteiger partial charge on any atom is -0.387 e. The Morgan fingerprint density at radius 3 is 2.90 bits per heavy atom. The molecule has 0 aliphatic carbocycles. The summed E-state index contributed by atoms with van der Waals surface area (Å²) >= 11 is 1.58. The summed E-state index contributed by atoms with van der Waals surface area (Å²) in [5.41, 5.74) is -0.928. The lowest BCUT2D eigenvalue weighted by Crippen LogP contribution is -2.51. The van der Waals surface area contributed by atoms with Gasteiger partial charge in [-0.15, -0.1) is 11.3 Å². The predicted molar refractivity (Wildman–Crippen MR) is 83.6 cm³/mol. The van der Waals surface area contributed by atoms with Crippen LogP contribution in [0.4, 0.5) is 0 Å². The molecule has 2 heterocycles. The molecule has 6 heteroatoms. The molecule has 2 rings (SSSR count). The van der Waals surface area contributed by atoms with E-state index in [-0.39, 0.29) is 18.4 Å². The molecule has 5 nitrogen and oxygen atoms in total. The number of nitrogens with one attached hydrogen (secondary N) is 1. The molecule has 118 valence electrons. The number of nitrogens with zero attached hydrogens (tertiary/aromatic N) is 1. The van der Waals surface area contributed by atoms with E-state index in [4.69, 9.17) is 4.74 Å². The number of morpholine rings is 1. The Hall–Kier alpha value is -0.950. The molecule has 0 saturated carbocycles. The molecule has 2 unspecified atom stereocenters. The molecule has 1 aliphatic rings. The fourth-order valence-electron chi connectivity index (χ4n) is 2.39. The van der Waals surface area contributed by atoms with E-state index in [1.807, 2.05) is 24.4 Å². The van der Waals surface area contributed by atoms with E-state index in [0.29, 0.717) is 19.8 Å². The van der Waals surface area contributed by atoms with E-state index in [0.717, 1.165) is 18.0 Å². The van der Waals surface area contributed by atoms with Crippen LogP contribution in [0.2, 0.25) is 0 Å². The number of aliphatic hydroxyl groups is 1. The van der Waals surface area contributed by atoms with Gasteiger partial charge in [0.05, 0.1) is 24.7 Å². The van der Waals surface area contributed by atoms with Crippen LogP contribution in [0.15, 0.2) is 17.5 Å². The van der Waals surface area contributed by atoms with Gasteiger partial charge >= 0.3 is 0 Å². The highest BCUT2D eigenvalue weighted by atomic mass is 32.1. The van der Waals surface area contributed by atoms with E-state index < -0.39 is 5.60 Å². The second-order valence-electron chi connectivity index (χ2n) is 5.84. The highest BCUT2D eigenvalue weighted by molar-refractivity contribution is 7.10. The maximum absolute atomic E-state index is 12.1. The number of amides is 1. The Bertz CT molecular complexity index is 442. The fraction of sp³-hybridized carbons (Fsp3) is 0.667. The summed E-state index contributed by atoms with van der Waals surface area (Å²) in [6.45, 7) is 7.53. The molecule has 21 heavy (non-hydrogen) atoms. The first-order valence-corrected chi connectivity index (χ1v) is 8.19. The van der Waals surface area contributed by atoms with Gasteiger partial charge in [-0.1, -0.05) is 6.07 Å². The van der Waals surface area contributed by atoms with Crippen LogP contribution >= 0.6 is 11.3 Å². The van der Waals surface area contributed by atoms with Crippen LogP contribution in [-0.2, 0) is 9.53 Å². The van der Waals surface area contributed by atoms with Crippen molar-refractivity contribution in [1.82, 2.24) is 10.2 Å². The number of hydrogen-bond acceptors (Lipinski definition) is 5. The molecular weight excluding hydrogens is 288 g/mol. The Morgan fingerprint density at radius 2 is 2.29 bits per heavy atom. The SMILES string of the molecule is CC(C(=O)NCC(C)(O)CN1CCOCC1)c1cccs1. The summed E-state index contributed by atoms with van der Waals surface area (Å²) in [6, 6.07) is 3.90. The van der Waals surface area contributed by atoms with E-state index in [2.05, 4.69) is 10.2 Å². The quantitative estimate of drug-likeness (QED) is 0.824. The first kappa shape index (κ1) is 16.4. The van der Waals surface area contributed by atoms with Crippen molar-refractivity contribution in [3.8, 4) is 0 Å². The maximum atomic E-state index is 12.1. The minimum absolute atomic E-state index is 0.0419. The number of hydrogen-bond donors (Lipinski definition) is 2. The third kappa shape index (κ3) is 5.07. The van der Waals surface area contributed by atoms with E-state index >= 15 is 0 Å². The van der Waals surface area contributed by atoms with Crippen LogP contribution in [0.3, 0.4) is 0 Å². The molecule has 0 radical (unpaired) electrons. The largest absolute Gasteiger partial charge is 0.387 e. The summed E-state index contributed by atoms with van der Waals surface area (Å²) in [5, 5.41) is 15.3. The zero-order valence-electron chi connectivity index (χ0n) is 12.7. The van der Waals surface area contributed by atoms with Crippen molar-refractivity contribution in [2.75, 3.05) is 39.4 Å².